The summed E-state index contributed by atoms with van der Waals surface area (Å²) >= 11 is 0. The van der Waals surface area contributed by atoms with Gasteiger partial charge in [-0.2, -0.15) is 0 Å². The fraction of sp³-hybridized carbons (Fsp3) is 0.333. The minimum Gasteiger partial charge on any atom is -0.348 e. The van der Waals surface area contributed by atoms with E-state index in [4.69, 9.17) is 5.73 Å². The van der Waals surface area contributed by atoms with Crippen molar-refractivity contribution >= 4 is 11.8 Å². The highest BCUT2D eigenvalue weighted by atomic mass is 19.1. The number of amides is 2. The number of carbonyl (C=O) groups is 2. The van der Waals surface area contributed by atoms with E-state index in [2.05, 4.69) is 0 Å². The number of rotatable bonds is 5. The maximum absolute atomic E-state index is 13.1. The van der Waals surface area contributed by atoms with Gasteiger partial charge in [0.2, 0.25) is 11.8 Å². The van der Waals surface area contributed by atoms with Gasteiger partial charge in [0.15, 0.2) is 0 Å². The number of likely N-dealkylation sites (tertiary alicyclic amines) is 1. The average Bonchev–Trinajstić information content (AvgIpc) is 2.61. The summed E-state index contributed by atoms with van der Waals surface area (Å²) in [6, 6.07) is 12.6. The van der Waals surface area contributed by atoms with Crippen LogP contribution in [-0.4, -0.2) is 54.8 Å². The lowest BCUT2D eigenvalue weighted by molar-refractivity contribution is -0.141. The molecule has 6 heteroatoms. The Morgan fingerprint density at radius 3 is 1.96 bits per heavy atom. The zero-order valence-electron chi connectivity index (χ0n) is 15.6. The van der Waals surface area contributed by atoms with Crippen LogP contribution in [0.15, 0.2) is 48.5 Å². The second kappa shape index (κ2) is 7.88. The fourth-order valence-corrected chi connectivity index (χ4v) is 3.20. The van der Waals surface area contributed by atoms with E-state index in [1.165, 1.54) is 17.0 Å². The van der Waals surface area contributed by atoms with E-state index in [-0.39, 0.29) is 17.6 Å². The second-order valence-electron chi connectivity index (χ2n) is 7.04. The van der Waals surface area contributed by atoms with Crippen molar-refractivity contribution < 1.29 is 14.0 Å². The molecule has 0 spiro atoms. The van der Waals surface area contributed by atoms with Crippen LogP contribution in [0.4, 0.5) is 4.39 Å². The van der Waals surface area contributed by atoms with Crippen LogP contribution < -0.4 is 5.73 Å². The Morgan fingerprint density at radius 2 is 1.52 bits per heavy atom. The highest BCUT2D eigenvalue weighted by Crippen LogP contribution is 2.27. The molecule has 1 aliphatic heterocycles. The number of halogens is 1. The Hall–Kier alpha value is -2.73. The van der Waals surface area contributed by atoms with E-state index >= 15 is 0 Å². The molecule has 5 nitrogen and oxygen atoms in total. The van der Waals surface area contributed by atoms with Crippen molar-refractivity contribution in [3.05, 3.63) is 59.9 Å². The summed E-state index contributed by atoms with van der Waals surface area (Å²) < 4.78 is 13.1. The number of carbonyl (C=O) groups excluding carboxylic acids is 2. The topological polar surface area (TPSA) is 66.6 Å². The van der Waals surface area contributed by atoms with Gasteiger partial charge in [-0.05, 0) is 35.2 Å². The minimum absolute atomic E-state index is 0.191. The molecule has 2 aromatic carbocycles. The quantitative estimate of drug-likeness (QED) is 0.879. The molecule has 2 atom stereocenters. The van der Waals surface area contributed by atoms with Crippen LogP contribution in [0, 0.1) is 5.82 Å². The molecule has 1 fully saturated rings. The predicted octanol–water partition coefficient (Wildman–Crippen LogP) is 2.22. The number of hydrogen-bond donors (Lipinski definition) is 1. The summed E-state index contributed by atoms with van der Waals surface area (Å²) in [7, 11) is 3.31. The molecule has 1 heterocycles. The molecule has 0 aromatic heterocycles. The Balaban J connectivity index is 1.88. The third kappa shape index (κ3) is 4.01. The van der Waals surface area contributed by atoms with Crippen molar-refractivity contribution in [2.75, 3.05) is 27.2 Å². The molecule has 0 radical (unpaired) electrons. The van der Waals surface area contributed by atoms with Crippen molar-refractivity contribution in [1.29, 1.82) is 0 Å². The van der Waals surface area contributed by atoms with Gasteiger partial charge in [0.25, 0.3) is 0 Å². The fourth-order valence-electron chi connectivity index (χ4n) is 3.20. The van der Waals surface area contributed by atoms with Gasteiger partial charge in [0, 0.05) is 27.2 Å². The van der Waals surface area contributed by atoms with Crippen LogP contribution in [0.1, 0.15) is 17.9 Å². The zero-order valence-corrected chi connectivity index (χ0v) is 15.6. The molecule has 0 bridgehead atoms. The van der Waals surface area contributed by atoms with Crippen LogP contribution in [0.25, 0.3) is 11.1 Å². The first-order valence-electron chi connectivity index (χ1n) is 9.00. The van der Waals surface area contributed by atoms with Gasteiger partial charge >= 0.3 is 0 Å². The first-order valence-corrected chi connectivity index (χ1v) is 9.00. The lowest BCUT2D eigenvalue weighted by atomic mass is 9.88. The Labute approximate surface area is 158 Å². The Bertz CT molecular complexity index is 814. The van der Waals surface area contributed by atoms with E-state index in [0.717, 1.165) is 17.5 Å². The van der Waals surface area contributed by atoms with E-state index in [9.17, 15) is 14.0 Å². The van der Waals surface area contributed by atoms with Gasteiger partial charge in [0.05, 0.1) is 5.92 Å². The van der Waals surface area contributed by atoms with E-state index < -0.39 is 12.0 Å². The van der Waals surface area contributed by atoms with Crippen LogP contribution in [-0.2, 0) is 9.59 Å². The predicted molar refractivity (Wildman–Crippen MR) is 102 cm³/mol. The summed E-state index contributed by atoms with van der Waals surface area (Å²) in [5, 5.41) is 0. The average molecular weight is 369 g/mol. The molecule has 2 amide bonds. The summed E-state index contributed by atoms with van der Waals surface area (Å²) in [6.07, 6.45) is 0.969. The minimum atomic E-state index is -0.920. The van der Waals surface area contributed by atoms with Crippen molar-refractivity contribution in [3.8, 4) is 11.1 Å². The van der Waals surface area contributed by atoms with Gasteiger partial charge in [0.1, 0.15) is 11.9 Å². The highest BCUT2D eigenvalue weighted by molar-refractivity contribution is 5.93. The van der Waals surface area contributed by atoms with Crippen LogP contribution in [0.5, 0.6) is 0 Å². The van der Waals surface area contributed by atoms with Gasteiger partial charge in [-0.3, -0.25) is 9.59 Å². The molecule has 1 saturated heterocycles. The maximum atomic E-state index is 13.1. The number of nitrogens with two attached hydrogens (primary N) is 1. The highest BCUT2D eigenvalue weighted by Gasteiger charge is 2.36. The van der Waals surface area contributed by atoms with Crippen molar-refractivity contribution in [1.82, 2.24) is 9.80 Å². The molecule has 1 aliphatic rings. The molecular weight excluding hydrogens is 345 g/mol. The van der Waals surface area contributed by atoms with Gasteiger partial charge in [-0.1, -0.05) is 36.4 Å². The lowest BCUT2D eigenvalue weighted by Crippen LogP contribution is -2.54. The lowest BCUT2D eigenvalue weighted by Gasteiger charge is -2.35. The summed E-state index contributed by atoms with van der Waals surface area (Å²) in [5.41, 5.74) is 8.70. The van der Waals surface area contributed by atoms with Crippen molar-refractivity contribution in [3.63, 3.8) is 0 Å². The molecule has 142 valence electrons. The van der Waals surface area contributed by atoms with Crippen molar-refractivity contribution in [2.24, 2.45) is 5.73 Å². The largest absolute Gasteiger partial charge is 0.348 e. The number of hydrogen-bond acceptors (Lipinski definition) is 3. The third-order valence-corrected chi connectivity index (χ3v) is 4.97. The van der Waals surface area contributed by atoms with Crippen LogP contribution in [0.3, 0.4) is 0 Å². The van der Waals surface area contributed by atoms with E-state index in [1.54, 1.807) is 31.1 Å². The molecule has 27 heavy (non-hydrogen) atoms. The first kappa shape index (κ1) is 19.0. The summed E-state index contributed by atoms with van der Waals surface area (Å²) in [6.45, 7) is 1.39. The van der Waals surface area contributed by atoms with E-state index in [0.29, 0.717) is 18.7 Å². The van der Waals surface area contributed by atoms with Crippen LogP contribution in [0.2, 0.25) is 0 Å². The SMILES string of the molecule is CN(C)C(=O)[C@@H](c1ccc(-c2ccc(F)cc2)cc1)[C@H](N)C(=O)N1CCC1. The first-order chi connectivity index (χ1) is 12.9. The monoisotopic (exact) mass is 369 g/mol. The standard InChI is InChI=1S/C21H24FN3O2/c1-24(2)20(26)18(19(23)21(27)25-12-3-13-25)16-6-4-14(5-7-16)15-8-10-17(22)11-9-15/h4-11,18-19H,3,12-13,23H2,1-2H3/t18-,19-/m0/s1. The third-order valence-electron chi connectivity index (χ3n) is 4.97. The Kier molecular flexibility index (Phi) is 5.56. The molecule has 2 N–H and O–H groups in total. The van der Waals surface area contributed by atoms with Gasteiger partial charge in [-0.25, -0.2) is 4.39 Å². The Morgan fingerprint density at radius 1 is 1.00 bits per heavy atom. The normalized spacial score (nSPS) is 15.6. The molecule has 3 rings (SSSR count). The smallest absolute Gasteiger partial charge is 0.240 e. The van der Waals surface area contributed by atoms with E-state index in [1.807, 2.05) is 24.3 Å². The van der Waals surface area contributed by atoms with Crippen molar-refractivity contribution in [2.45, 2.75) is 18.4 Å². The number of benzene rings is 2. The zero-order chi connectivity index (χ0) is 19.6. The second-order valence-corrected chi connectivity index (χ2v) is 7.04. The molecule has 0 saturated carbocycles. The molecule has 2 aromatic rings. The number of nitrogens with zero attached hydrogens (tertiary/aromatic N) is 2. The summed E-state index contributed by atoms with van der Waals surface area (Å²) in [5.74, 6) is -1.42. The van der Waals surface area contributed by atoms with Gasteiger partial charge < -0.3 is 15.5 Å². The number of likely N-dealkylation sites (N-methyl/N-ethyl adjacent to an activating group) is 1. The summed E-state index contributed by atoms with van der Waals surface area (Å²) in [4.78, 5) is 28.5. The molecular formula is C21H24FN3O2. The molecule has 0 unspecified atom stereocenters. The van der Waals surface area contributed by atoms with Gasteiger partial charge in [-0.15, -0.1) is 0 Å². The maximum Gasteiger partial charge on any atom is 0.240 e. The molecule has 0 aliphatic carbocycles. The van der Waals surface area contributed by atoms with Crippen LogP contribution >= 0.6 is 0 Å².